The first-order chi connectivity index (χ1) is 8.43. The number of β-amino-alcohol motifs (C(OH)–C–C–N with tert-alkyl or cyclic N) is 2. The van der Waals surface area contributed by atoms with Crippen molar-refractivity contribution in [1.82, 2.24) is 15.1 Å². The molecule has 0 aromatic rings. The van der Waals surface area contributed by atoms with Crippen LogP contribution in [0.1, 0.15) is 13.8 Å². The number of piperazine rings is 1. The molecule has 0 bridgehead atoms. The average molecular weight is 257 g/mol. The zero-order valence-corrected chi connectivity index (χ0v) is 11.1. The SMILES string of the molecule is CC(C)(C(=O)N1C[C@@H](O)[C@@H](O)C1)N1CCNCC1. The summed E-state index contributed by atoms with van der Waals surface area (Å²) in [4.78, 5) is 16.2. The Morgan fingerprint density at radius 1 is 1.17 bits per heavy atom. The quantitative estimate of drug-likeness (QED) is 0.546. The van der Waals surface area contributed by atoms with Crippen LogP contribution >= 0.6 is 0 Å². The summed E-state index contributed by atoms with van der Waals surface area (Å²) >= 11 is 0. The molecule has 0 radical (unpaired) electrons. The van der Waals surface area contributed by atoms with Crippen LogP contribution in [0.25, 0.3) is 0 Å². The van der Waals surface area contributed by atoms with E-state index in [0.29, 0.717) is 0 Å². The molecule has 2 saturated heterocycles. The summed E-state index contributed by atoms with van der Waals surface area (Å²) in [6, 6.07) is 0. The topological polar surface area (TPSA) is 76.0 Å². The maximum atomic E-state index is 12.5. The molecule has 104 valence electrons. The lowest BCUT2D eigenvalue weighted by Gasteiger charge is -2.41. The molecular formula is C12H23N3O3. The van der Waals surface area contributed by atoms with Crippen LogP contribution in [0.3, 0.4) is 0 Å². The van der Waals surface area contributed by atoms with Crippen molar-refractivity contribution in [3.63, 3.8) is 0 Å². The van der Waals surface area contributed by atoms with Gasteiger partial charge >= 0.3 is 0 Å². The molecule has 2 rings (SSSR count). The summed E-state index contributed by atoms with van der Waals surface area (Å²) < 4.78 is 0. The molecule has 1 amide bonds. The van der Waals surface area contributed by atoms with Gasteiger partial charge in [-0.05, 0) is 13.8 Å². The van der Waals surface area contributed by atoms with Crippen molar-refractivity contribution in [3.8, 4) is 0 Å². The number of carbonyl (C=O) groups is 1. The first-order valence-corrected chi connectivity index (χ1v) is 6.54. The maximum absolute atomic E-state index is 12.5. The van der Waals surface area contributed by atoms with E-state index in [0.717, 1.165) is 26.2 Å². The molecular weight excluding hydrogens is 234 g/mol. The van der Waals surface area contributed by atoms with Crippen LogP contribution in [-0.4, -0.2) is 82.9 Å². The van der Waals surface area contributed by atoms with Crippen molar-refractivity contribution in [2.24, 2.45) is 0 Å². The van der Waals surface area contributed by atoms with E-state index in [9.17, 15) is 15.0 Å². The normalized spacial score (nSPS) is 30.8. The number of aliphatic hydroxyl groups excluding tert-OH is 2. The van der Waals surface area contributed by atoms with Crippen molar-refractivity contribution in [1.29, 1.82) is 0 Å². The van der Waals surface area contributed by atoms with Crippen LogP contribution in [0.4, 0.5) is 0 Å². The van der Waals surface area contributed by atoms with Gasteiger partial charge in [-0.1, -0.05) is 0 Å². The summed E-state index contributed by atoms with van der Waals surface area (Å²) in [5.41, 5.74) is -0.577. The first kappa shape index (κ1) is 13.7. The third-order valence-corrected chi connectivity index (χ3v) is 3.98. The number of hydrogen-bond acceptors (Lipinski definition) is 5. The third-order valence-electron chi connectivity index (χ3n) is 3.98. The summed E-state index contributed by atoms with van der Waals surface area (Å²) in [6.07, 6.45) is -1.62. The van der Waals surface area contributed by atoms with E-state index in [1.54, 1.807) is 4.90 Å². The Morgan fingerprint density at radius 2 is 1.67 bits per heavy atom. The minimum Gasteiger partial charge on any atom is -0.388 e. The number of carbonyl (C=O) groups excluding carboxylic acids is 1. The summed E-state index contributed by atoms with van der Waals surface area (Å²) in [5, 5.41) is 22.3. The van der Waals surface area contributed by atoms with E-state index in [4.69, 9.17) is 0 Å². The minimum absolute atomic E-state index is 0.0139. The Hall–Kier alpha value is -0.690. The van der Waals surface area contributed by atoms with Gasteiger partial charge in [0.1, 0.15) is 0 Å². The number of nitrogens with one attached hydrogen (secondary N) is 1. The van der Waals surface area contributed by atoms with Crippen LogP contribution in [0.2, 0.25) is 0 Å². The van der Waals surface area contributed by atoms with Crippen LogP contribution in [0.5, 0.6) is 0 Å². The molecule has 0 unspecified atom stereocenters. The molecule has 0 spiro atoms. The Labute approximate surface area is 108 Å². The summed E-state index contributed by atoms with van der Waals surface area (Å²) in [5.74, 6) is -0.0139. The Kier molecular flexibility index (Phi) is 3.91. The van der Waals surface area contributed by atoms with E-state index in [-0.39, 0.29) is 19.0 Å². The summed E-state index contributed by atoms with van der Waals surface area (Å²) in [7, 11) is 0. The van der Waals surface area contributed by atoms with Gasteiger partial charge in [0.2, 0.25) is 5.91 Å². The highest BCUT2D eigenvalue weighted by Gasteiger charge is 2.42. The van der Waals surface area contributed by atoms with Gasteiger partial charge in [0, 0.05) is 39.3 Å². The van der Waals surface area contributed by atoms with Gasteiger partial charge in [-0.15, -0.1) is 0 Å². The highest BCUT2D eigenvalue weighted by Crippen LogP contribution is 2.21. The maximum Gasteiger partial charge on any atom is 0.242 e. The number of aliphatic hydroxyl groups is 2. The van der Waals surface area contributed by atoms with Gasteiger partial charge in [-0.25, -0.2) is 0 Å². The van der Waals surface area contributed by atoms with Crippen LogP contribution in [0.15, 0.2) is 0 Å². The van der Waals surface area contributed by atoms with Crippen LogP contribution in [0, 0.1) is 0 Å². The molecule has 2 heterocycles. The monoisotopic (exact) mass is 257 g/mol. The van der Waals surface area contributed by atoms with E-state index in [2.05, 4.69) is 10.2 Å². The van der Waals surface area contributed by atoms with E-state index in [1.807, 2.05) is 13.8 Å². The lowest BCUT2D eigenvalue weighted by Crippen LogP contribution is -2.60. The third kappa shape index (κ3) is 2.51. The Bertz CT molecular complexity index is 306. The number of nitrogens with zero attached hydrogens (tertiary/aromatic N) is 2. The standard InChI is InChI=1S/C12H23N3O3/c1-12(2,15-5-3-13-4-6-15)11(18)14-7-9(16)10(17)8-14/h9-10,13,16-17H,3-8H2,1-2H3/t9-,10+. The second-order valence-electron chi connectivity index (χ2n) is 5.64. The molecule has 3 N–H and O–H groups in total. The Morgan fingerprint density at radius 3 is 2.17 bits per heavy atom. The van der Waals surface area contributed by atoms with Gasteiger partial charge in [-0.3, -0.25) is 9.69 Å². The highest BCUT2D eigenvalue weighted by atomic mass is 16.3. The molecule has 0 aliphatic carbocycles. The fraction of sp³-hybridized carbons (Fsp3) is 0.917. The molecule has 0 saturated carbocycles. The van der Waals surface area contributed by atoms with E-state index >= 15 is 0 Å². The number of rotatable bonds is 2. The first-order valence-electron chi connectivity index (χ1n) is 6.54. The molecule has 0 aromatic carbocycles. The number of amides is 1. The van der Waals surface area contributed by atoms with Crippen molar-refractivity contribution in [2.75, 3.05) is 39.3 Å². The van der Waals surface area contributed by atoms with Gasteiger partial charge in [0.15, 0.2) is 0 Å². The molecule has 0 aromatic heterocycles. The van der Waals surface area contributed by atoms with Crippen LogP contribution in [-0.2, 0) is 4.79 Å². The summed E-state index contributed by atoms with van der Waals surface area (Å²) in [6.45, 7) is 7.76. The molecule has 2 aliphatic rings. The van der Waals surface area contributed by atoms with Gasteiger partial charge in [0.05, 0.1) is 17.7 Å². The fourth-order valence-electron chi connectivity index (χ4n) is 2.68. The molecule has 2 fully saturated rings. The Balaban J connectivity index is 2.02. The zero-order valence-electron chi connectivity index (χ0n) is 11.1. The smallest absolute Gasteiger partial charge is 0.242 e. The van der Waals surface area contributed by atoms with Gasteiger partial charge < -0.3 is 20.4 Å². The lowest BCUT2D eigenvalue weighted by atomic mass is 9.99. The molecule has 2 aliphatic heterocycles. The van der Waals surface area contributed by atoms with Crippen molar-refractivity contribution in [3.05, 3.63) is 0 Å². The molecule has 2 atom stereocenters. The van der Waals surface area contributed by atoms with Gasteiger partial charge in [-0.2, -0.15) is 0 Å². The van der Waals surface area contributed by atoms with Crippen molar-refractivity contribution in [2.45, 2.75) is 31.6 Å². The lowest BCUT2D eigenvalue weighted by molar-refractivity contribution is -0.142. The fourth-order valence-corrected chi connectivity index (χ4v) is 2.68. The average Bonchev–Trinajstić information content (AvgIpc) is 2.69. The molecule has 6 nitrogen and oxygen atoms in total. The zero-order chi connectivity index (χ0) is 13.3. The van der Waals surface area contributed by atoms with Crippen LogP contribution < -0.4 is 5.32 Å². The van der Waals surface area contributed by atoms with E-state index < -0.39 is 17.7 Å². The van der Waals surface area contributed by atoms with Crippen molar-refractivity contribution < 1.29 is 15.0 Å². The number of hydrogen-bond donors (Lipinski definition) is 3. The minimum atomic E-state index is -0.812. The second-order valence-corrected chi connectivity index (χ2v) is 5.64. The number of likely N-dealkylation sites (tertiary alicyclic amines) is 1. The molecule has 6 heteroatoms. The second kappa shape index (κ2) is 5.13. The molecule has 18 heavy (non-hydrogen) atoms. The van der Waals surface area contributed by atoms with Gasteiger partial charge in [0.25, 0.3) is 0 Å². The highest BCUT2D eigenvalue weighted by molar-refractivity contribution is 5.86. The predicted molar refractivity (Wildman–Crippen MR) is 67.1 cm³/mol. The largest absolute Gasteiger partial charge is 0.388 e. The van der Waals surface area contributed by atoms with Crippen molar-refractivity contribution >= 4 is 5.91 Å². The predicted octanol–water partition coefficient (Wildman–Crippen LogP) is -1.77. The van der Waals surface area contributed by atoms with E-state index in [1.165, 1.54) is 0 Å².